The second kappa shape index (κ2) is 7.81. The molecule has 2 amide bonds. The minimum Gasteiger partial charge on any atom is -0.479 e. The molecule has 8 nitrogen and oxygen atoms in total. The normalized spacial score (nSPS) is 12.3. The van der Waals surface area contributed by atoms with Crippen LogP contribution in [0.25, 0.3) is 0 Å². The van der Waals surface area contributed by atoms with Crippen LogP contribution in [0, 0.1) is 0 Å². The van der Waals surface area contributed by atoms with Gasteiger partial charge in [-0.2, -0.15) is 5.10 Å². The molecule has 0 fully saturated rings. The minimum atomic E-state index is -1.23. The molecule has 0 radical (unpaired) electrons. The summed E-state index contributed by atoms with van der Waals surface area (Å²) in [6.45, 7) is 4.41. The molecule has 0 spiro atoms. The standard InChI is InChI=1S/C18H22N4O4/c1-12(23)20-15(13-7-5-4-6-8-13)9-16(24)21-14-10-19-22(11-14)18(2,3)17(25)26/h4-8,10-11,15H,9H2,1-3H3,(H,20,23)(H,21,24)(H,25,26). The zero-order valence-electron chi connectivity index (χ0n) is 14.9. The van der Waals surface area contributed by atoms with Crippen molar-refractivity contribution in [3.63, 3.8) is 0 Å². The largest absolute Gasteiger partial charge is 0.479 e. The number of amides is 2. The van der Waals surface area contributed by atoms with Crippen molar-refractivity contribution in [1.29, 1.82) is 0 Å². The number of rotatable bonds is 7. The lowest BCUT2D eigenvalue weighted by molar-refractivity contribution is -0.146. The summed E-state index contributed by atoms with van der Waals surface area (Å²) in [5, 5.41) is 18.7. The van der Waals surface area contributed by atoms with Crippen molar-refractivity contribution in [3.05, 3.63) is 48.3 Å². The maximum atomic E-state index is 12.4. The Labute approximate surface area is 151 Å². The van der Waals surface area contributed by atoms with Crippen LogP contribution < -0.4 is 10.6 Å². The molecule has 2 aromatic rings. The van der Waals surface area contributed by atoms with E-state index in [4.69, 9.17) is 0 Å². The zero-order valence-corrected chi connectivity index (χ0v) is 14.9. The van der Waals surface area contributed by atoms with Gasteiger partial charge in [-0.05, 0) is 19.4 Å². The van der Waals surface area contributed by atoms with Crippen LogP contribution in [0.15, 0.2) is 42.7 Å². The van der Waals surface area contributed by atoms with E-state index in [9.17, 15) is 19.5 Å². The molecule has 1 aromatic carbocycles. The second-order valence-corrected chi connectivity index (χ2v) is 6.45. The maximum Gasteiger partial charge on any atom is 0.331 e. The summed E-state index contributed by atoms with van der Waals surface area (Å²) in [6, 6.07) is 8.73. The van der Waals surface area contributed by atoms with Crippen LogP contribution in [0.4, 0.5) is 5.69 Å². The van der Waals surface area contributed by atoms with Gasteiger partial charge in [-0.1, -0.05) is 30.3 Å². The molecule has 1 aromatic heterocycles. The van der Waals surface area contributed by atoms with E-state index in [0.29, 0.717) is 5.69 Å². The van der Waals surface area contributed by atoms with Gasteiger partial charge in [0.05, 0.1) is 24.3 Å². The summed E-state index contributed by atoms with van der Waals surface area (Å²) in [7, 11) is 0. The van der Waals surface area contributed by atoms with Crippen molar-refractivity contribution in [2.45, 2.75) is 38.8 Å². The van der Waals surface area contributed by atoms with Gasteiger partial charge in [-0.25, -0.2) is 4.79 Å². The SMILES string of the molecule is CC(=O)NC(CC(=O)Nc1cnn(C(C)(C)C(=O)O)c1)c1ccccc1. The van der Waals surface area contributed by atoms with E-state index in [-0.39, 0.29) is 18.2 Å². The Hall–Kier alpha value is -3.16. The lowest BCUT2D eigenvalue weighted by Crippen LogP contribution is -2.35. The first kappa shape index (κ1) is 19.2. The Morgan fingerprint density at radius 1 is 1.23 bits per heavy atom. The molecule has 0 aliphatic heterocycles. The van der Waals surface area contributed by atoms with E-state index in [1.807, 2.05) is 30.3 Å². The number of carboxylic acid groups (broad SMARTS) is 1. The monoisotopic (exact) mass is 358 g/mol. The first-order chi connectivity index (χ1) is 12.2. The van der Waals surface area contributed by atoms with Crippen molar-refractivity contribution in [2.75, 3.05) is 5.32 Å². The molecule has 0 aliphatic rings. The molecule has 1 heterocycles. The van der Waals surface area contributed by atoms with Crippen LogP contribution in [0.5, 0.6) is 0 Å². The van der Waals surface area contributed by atoms with Gasteiger partial charge in [0.25, 0.3) is 0 Å². The Bertz CT molecular complexity index is 799. The molecule has 0 bridgehead atoms. The van der Waals surface area contributed by atoms with Gasteiger partial charge in [0.15, 0.2) is 5.54 Å². The summed E-state index contributed by atoms with van der Waals surface area (Å²) in [6.07, 6.45) is 2.89. The molecule has 3 N–H and O–H groups in total. The van der Waals surface area contributed by atoms with Gasteiger partial charge < -0.3 is 15.7 Å². The van der Waals surface area contributed by atoms with Crippen LogP contribution in [-0.2, 0) is 19.9 Å². The molecule has 1 atom stereocenters. The average Bonchev–Trinajstić information content (AvgIpc) is 3.03. The first-order valence-electron chi connectivity index (χ1n) is 8.10. The van der Waals surface area contributed by atoms with E-state index in [1.165, 1.54) is 37.8 Å². The summed E-state index contributed by atoms with van der Waals surface area (Å²) < 4.78 is 1.27. The fraction of sp³-hybridized carbons (Fsp3) is 0.333. The summed E-state index contributed by atoms with van der Waals surface area (Å²) in [4.78, 5) is 35.1. The maximum absolute atomic E-state index is 12.4. The lowest BCUT2D eigenvalue weighted by Gasteiger charge is -2.19. The molecule has 26 heavy (non-hydrogen) atoms. The van der Waals surface area contributed by atoms with Crippen LogP contribution in [0.2, 0.25) is 0 Å². The smallest absolute Gasteiger partial charge is 0.331 e. The zero-order chi connectivity index (χ0) is 19.3. The van der Waals surface area contributed by atoms with Gasteiger partial charge in [-0.3, -0.25) is 14.3 Å². The lowest BCUT2D eigenvalue weighted by atomic mass is 10.0. The van der Waals surface area contributed by atoms with Crippen molar-refractivity contribution in [3.8, 4) is 0 Å². The number of hydrogen-bond acceptors (Lipinski definition) is 4. The highest BCUT2D eigenvalue weighted by Gasteiger charge is 2.30. The van der Waals surface area contributed by atoms with Gasteiger partial charge in [-0.15, -0.1) is 0 Å². The molecular weight excluding hydrogens is 336 g/mol. The number of nitrogens with zero attached hydrogens (tertiary/aromatic N) is 2. The number of anilines is 1. The van der Waals surface area contributed by atoms with Gasteiger partial charge >= 0.3 is 5.97 Å². The molecule has 0 saturated heterocycles. The molecule has 1 unspecified atom stereocenters. The number of aromatic nitrogens is 2. The predicted octanol–water partition coefficient (Wildman–Crippen LogP) is 1.91. The van der Waals surface area contributed by atoms with Crippen molar-refractivity contribution >= 4 is 23.5 Å². The van der Waals surface area contributed by atoms with Crippen molar-refractivity contribution < 1.29 is 19.5 Å². The number of aliphatic carboxylic acids is 1. The van der Waals surface area contributed by atoms with Crippen molar-refractivity contribution in [2.24, 2.45) is 0 Å². The Balaban J connectivity index is 2.08. The number of hydrogen-bond donors (Lipinski definition) is 3. The molecule has 8 heteroatoms. The fourth-order valence-electron chi connectivity index (χ4n) is 2.37. The minimum absolute atomic E-state index is 0.0388. The van der Waals surface area contributed by atoms with E-state index in [0.717, 1.165) is 5.56 Å². The summed E-state index contributed by atoms with van der Waals surface area (Å²) in [5.74, 6) is -1.59. The predicted molar refractivity (Wildman–Crippen MR) is 95.4 cm³/mol. The van der Waals surface area contributed by atoms with Crippen LogP contribution in [-0.4, -0.2) is 32.7 Å². The van der Waals surface area contributed by atoms with Crippen molar-refractivity contribution in [1.82, 2.24) is 15.1 Å². The highest BCUT2D eigenvalue weighted by Crippen LogP contribution is 2.20. The third-order valence-corrected chi connectivity index (χ3v) is 3.93. The number of carbonyl (C=O) groups excluding carboxylic acids is 2. The number of nitrogens with one attached hydrogen (secondary N) is 2. The Morgan fingerprint density at radius 3 is 2.46 bits per heavy atom. The van der Waals surface area contributed by atoms with E-state index in [1.54, 1.807) is 0 Å². The van der Waals surface area contributed by atoms with Crippen LogP contribution >= 0.6 is 0 Å². The van der Waals surface area contributed by atoms with Crippen LogP contribution in [0.1, 0.15) is 38.8 Å². The van der Waals surface area contributed by atoms with E-state index >= 15 is 0 Å². The third kappa shape index (κ3) is 4.69. The van der Waals surface area contributed by atoms with E-state index in [2.05, 4.69) is 15.7 Å². The number of carbonyl (C=O) groups is 3. The number of carboxylic acids is 1. The van der Waals surface area contributed by atoms with Gasteiger partial charge in [0, 0.05) is 13.1 Å². The van der Waals surface area contributed by atoms with E-state index < -0.39 is 17.6 Å². The third-order valence-electron chi connectivity index (χ3n) is 3.93. The van der Waals surface area contributed by atoms with Gasteiger partial charge in [0.1, 0.15) is 0 Å². The second-order valence-electron chi connectivity index (χ2n) is 6.45. The molecule has 138 valence electrons. The van der Waals surface area contributed by atoms with Crippen LogP contribution in [0.3, 0.4) is 0 Å². The topological polar surface area (TPSA) is 113 Å². The molecule has 2 rings (SSSR count). The summed E-state index contributed by atoms with van der Waals surface area (Å²) in [5.41, 5.74) is -0.0225. The molecular formula is C18H22N4O4. The molecule has 0 aliphatic carbocycles. The Morgan fingerprint density at radius 2 is 1.88 bits per heavy atom. The fourth-order valence-corrected chi connectivity index (χ4v) is 2.37. The average molecular weight is 358 g/mol. The highest BCUT2D eigenvalue weighted by molar-refractivity contribution is 5.91. The summed E-state index contributed by atoms with van der Waals surface area (Å²) >= 11 is 0. The molecule has 0 saturated carbocycles. The first-order valence-corrected chi connectivity index (χ1v) is 8.10. The quantitative estimate of drug-likeness (QED) is 0.700. The Kier molecular flexibility index (Phi) is 5.76. The van der Waals surface area contributed by atoms with Gasteiger partial charge in [0.2, 0.25) is 11.8 Å². The number of benzene rings is 1. The highest BCUT2D eigenvalue weighted by atomic mass is 16.4.